The molecule has 0 heterocycles. The standard InChI is InChI=1S/C12H19FN2/c1-4-7-12(2,3)15-11-6-5-9(13)8-10(11)14/h5-6,8,15H,4,7,14H2,1-3H3. The summed E-state index contributed by atoms with van der Waals surface area (Å²) in [5.41, 5.74) is 6.97. The van der Waals surface area contributed by atoms with Crippen LogP contribution in [0.5, 0.6) is 0 Å². The predicted octanol–water partition coefficient (Wildman–Crippen LogP) is 3.40. The number of benzene rings is 1. The highest BCUT2D eigenvalue weighted by Crippen LogP contribution is 2.25. The van der Waals surface area contributed by atoms with Crippen LogP contribution in [-0.2, 0) is 0 Å². The van der Waals surface area contributed by atoms with Gasteiger partial charge in [0.2, 0.25) is 0 Å². The van der Waals surface area contributed by atoms with Crippen molar-refractivity contribution in [3.05, 3.63) is 24.0 Å². The molecule has 0 radical (unpaired) electrons. The van der Waals surface area contributed by atoms with Gasteiger partial charge in [0, 0.05) is 5.54 Å². The van der Waals surface area contributed by atoms with Crippen LogP contribution in [0.25, 0.3) is 0 Å². The molecule has 1 rings (SSSR count). The maximum Gasteiger partial charge on any atom is 0.125 e. The van der Waals surface area contributed by atoms with Gasteiger partial charge >= 0.3 is 0 Å². The van der Waals surface area contributed by atoms with Gasteiger partial charge in [0.1, 0.15) is 5.82 Å². The Labute approximate surface area is 90.7 Å². The van der Waals surface area contributed by atoms with Crippen LogP contribution in [0.2, 0.25) is 0 Å². The fraction of sp³-hybridized carbons (Fsp3) is 0.500. The van der Waals surface area contributed by atoms with Gasteiger partial charge in [-0.05, 0) is 38.5 Å². The lowest BCUT2D eigenvalue weighted by Gasteiger charge is -2.27. The second kappa shape index (κ2) is 4.51. The molecule has 3 heteroatoms. The van der Waals surface area contributed by atoms with Gasteiger partial charge in [-0.3, -0.25) is 0 Å². The topological polar surface area (TPSA) is 38.0 Å². The predicted molar refractivity (Wildman–Crippen MR) is 63.4 cm³/mol. The van der Waals surface area contributed by atoms with Crippen molar-refractivity contribution in [1.82, 2.24) is 0 Å². The Morgan fingerprint density at radius 2 is 2.07 bits per heavy atom. The summed E-state index contributed by atoms with van der Waals surface area (Å²) >= 11 is 0. The minimum Gasteiger partial charge on any atom is -0.397 e. The molecule has 3 N–H and O–H groups in total. The molecule has 84 valence electrons. The first-order chi connectivity index (χ1) is 6.94. The summed E-state index contributed by atoms with van der Waals surface area (Å²) in [6.45, 7) is 6.36. The third-order valence-corrected chi connectivity index (χ3v) is 2.36. The van der Waals surface area contributed by atoms with Gasteiger partial charge in [-0.25, -0.2) is 4.39 Å². The first-order valence-corrected chi connectivity index (χ1v) is 5.28. The SMILES string of the molecule is CCCC(C)(C)Nc1ccc(F)cc1N. The van der Waals surface area contributed by atoms with E-state index in [1.165, 1.54) is 12.1 Å². The fourth-order valence-electron chi connectivity index (χ4n) is 1.70. The summed E-state index contributed by atoms with van der Waals surface area (Å²) in [4.78, 5) is 0. The first-order valence-electron chi connectivity index (χ1n) is 5.28. The number of nitrogen functional groups attached to an aromatic ring is 1. The van der Waals surface area contributed by atoms with Crippen LogP contribution in [0.15, 0.2) is 18.2 Å². The van der Waals surface area contributed by atoms with Crippen LogP contribution in [0.3, 0.4) is 0 Å². The Morgan fingerprint density at radius 1 is 1.40 bits per heavy atom. The maximum absolute atomic E-state index is 12.8. The van der Waals surface area contributed by atoms with E-state index in [1.54, 1.807) is 6.07 Å². The molecule has 15 heavy (non-hydrogen) atoms. The van der Waals surface area contributed by atoms with E-state index in [2.05, 4.69) is 26.1 Å². The Balaban J connectivity index is 2.80. The van der Waals surface area contributed by atoms with E-state index in [1.807, 2.05) is 0 Å². The van der Waals surface area contributed by atoms with Crippen molar-refractivity contribution in [2.45, 2.75) is 39.2 Å². The summed E-state index contributed by atoms with van der Waals surface area (Å²) < 4.78 is 12.8. The van der Waals surface area contributed by atoms with Gasteiger partial charge in [-0.15, -0.1) is 0 Å². The van der Waals surface area contributed by atoms with E-state index in [0.29, 0.717) is 5.69 Å². The Morgan fingerprint density at radius 3 is 2.60 bits per heavy atom. The van der Waals surface area contributed by atoms with E-state index in [0.717, 1.165) is 18.5 Å². The van der Waals surface area contributed by atoms with Crippen molar-refractivity contribution in [2.24, 2.45) is 0 Å². The molecular weight excluding hydrogens is 191 g/mol. The number of hydrogen-bond acceptors (Lipinski definition) is 2. The van der Waals surface area contributed by atoms with Crippen LogP contribution in [0.1, 0.15) is 33.6 Å². The van der Waals surface area contributed by atoms with E-state index in [4.69, 9.17) is 5.73 Å². The van der Waals surface area contributed by atoms with E-state index in [-0.39, 0.29) is 11.4 Å². The lowest BCUT2D eigenvalue weighted by atomic mass is 9.98. The highest BCUT2D eigenvalue weighted by Gasteiger charge is 2.16. The molecule has 0 spiro atoms. The summed E-state index contributed by atoms with van der Waals surface area (Å²) in [7, 11) is 0. The summed E-state index contributed by atoms with van der Waals surface area (Å²) in [5.74, 6) is -0.300. The normalized spacial score (nSPS) is 11.5. The molecule has 1 aromatic carbocycles. The Kier molecular flexibility index (Phi) is 3.56. The smallest absolute Gasteiger partial charge is 0.125 e. The molecule has 0 aliphatic rings. The number of anilines is 2. The lowest BCUT2D eigenvalue weighted by Crippen LogP contribution is -2.30. The van der Waals surface area contributed by atoms with E-state index in [9.17, 15) is 4.39 Å². The maximum atomic E-state index is 12.8. The summed E-state index contributed by atoms with van der Waals surface area (Å²) in [6.07, 6.45) is 2.14. The van der Waals surface area contributed by atoms with Crippen LogP contribution in [-0.4, -0.2) is 5.54 Å². The van der Waals surface area contributed by atoms with Gasteiger partial charge < -0.3 is 11.1 Å². The molecule has 1 aromatic rings. The molecule has 0 aliphatic heterocycles. The molecule has 0 unspecified atom stereocenters. The van der Waals surface area contributed by atoms with E-state index >= 15 is 0 Å². The monoisotopic (exact) mass is 210 g/mol. The van der Waals surface area contributed by atoms with Crippen molar-refractivity contribution in [1.29, 1.82) is 0 Å². The molecule has 0 saturated carbocycles. The van der Waals surface area contributed by atoms with Crippen LogP contribution >= 0.6 is 0 Å². The van der Waals surface area contributed by atoms with Crippen LogP contribution < -0.4 is 11.1 Å². The molecule has 0 fully saturated rings. The molecular formula is C12H19FN2. The molecule has 2 nitrogen and oxygen atoms in total. The number of halogens is 1. The average Bonchev–Trinajstić information content (AvgIpc) is 2.09. The van der Waals surface area contributed by atoms with Gasteiger partial charge in [-0.2, -0.15) is 0 Å². The number of nitrogens with one attached hydrogen (secondary N) is 1. The van der Waals surface area contributed by atoms with Crippen LogP contribution in [0.4, 0.5) is 15.8 Å². The van der Waals surface area contributed by atoms with Crippen molar-refractivity contribution < 1.29 is 4.39 Å². The molecule has 0 bridgehead atoms. The van der Waals surface area contributed by atoms with Crippen molar-refractivity contribution in [2.75, 3.05) is 11.1 Å². The third-order valence-electron chi connectivity index (χ3n) is 2.36. The van der Waals surface area contributed by atoms with Gasteiger partial charge in [0.15, 0.2) is 0 Å². The quantitative estimate of drug-likeness (QED) is 0.747. The molecule has 0 atom stereocenters. The third kappa shape index (κ3) is 3.42. The molecule has 0 aromatic heterocycles. The zero-order valence-corrected chi connectivity index (χ0v) is 9.60. The largest absolute Gasteiger partial charge is 0.397 e. The minimum atomic E-state index is -0.300. The highest BCUT2D eigenvalue weighted by atomic mass is 19.1. The number of nitrogens with two attached hydrogens (primary N) is 1. The zero-order chi connectivity index (χ0) is 11.5. The van der Waals surface area contributed by atoms with Crippen LogP contribution in [0, 0.1) is 5.82 Å². The Bertz CT molecular complexity index is 334. The zero-order valence-electron chi connectivity index (χ0n) is 9.60. The summed E-state index contributed by atoms with van der Waals surface area (Å²) in [6, 6.07) is 4.44. The highest BCUT2D eigenvalue weighted by molar-refractivity contribution is 5.66. The first kappa shape index (κ1) is 11.8. The minimum absolute atomic E-state index is 0.0132. The second-order valence-corrected chi connectivity index (χ2v) is 4.49. The fourth-order valence-corrected chi connectivity index (χ4v) is 1.70. The van der Waals surface area contributed by atoms with E-state index < -0.39 is 0 Å². The summed E-state index contributed by atoms with van der Waals surface area (Å²) in [5, 5.41) is 3.32. The molecule has 0 aliphatic carbocycles. The molecule has 0 amide bonds. The number of rotatable bonds is 4. The number of hydrogen-bond donors (Lipinski definition) is 2. The average molecular weight is 210 g/mol. The van der Waals surface area contributed by atoms with Gasteiger partial charge in [0.25, 0.3) is 0 Å². The molecule has 0 saturated heterocycles. The van der Waals surface area contributed by atoms with Gasteiger partial charge in [0.05, 0.1) is 11.4 Å². The van der Waals surface area contributed by atoms with Gasteiger partial charge in [-0.1, -0.05) is 13.3 Å². The van der Waals surface area contributed by atoms with Crippen molar-refractivity contribution in [3.8, 4) is 0 Å². The second-order valence-electron chi connectivity index (χ2n) is 4.49. The Hall–Kier alpha value is -1.25. The van der Waals surface area contributed by atoms with Crippen molar-refractivity contribution >= 4 is 11.4 Å². The van der Waals surface area contributed by atoms with Crippen molar-refractivity contribution in [3.63, 3.8) is 0 Å². The lowest BCUT2D eigenvalue weighted by molar-refractivity contribution is 0.511.